The third-order valence-corrected chi connectivity index (χ3v) is 0. The van der Waals surface area contributed by atoms with Crippen LogP contribution in [0.1, 0.15) is 0 Å². The van der Waals surface area contributed by atoms with Gasteiger partial charge in [0.1, 0.15) is 0 Å². The molecule has 0 saturated carbocycles. The fourth-order valence-electron chi connectivity index (χ4n) is 0. The normalized spacial score (nSPS) is 0. The van der Waals surface area contributed by atoms with E-state index < -0.39 is 0 Å². The predicted molar refractivity (Wildman–Crippen MR) is 11.1 cm³/mol. The summed E-state index contributed by atoms with van der Waals surface area (Å²) in [5.74, 6) is 0. The molecular formula is H3CuNiPV. The van der Waals surface area contributed by atoms with Crippen LogP contribution in [0.3, 0.4) is 0 Å². The van der Waals surface area contributed by atoms with E-state index in [1.54, 1.807) is 0 Å². The minimum absolute atomic E-state index is 0. The van der Waals surface area contributed by atoms with E-state index >= 15 is 0 Å². The molecule has 0 aromatic carbocycles. The van der Waals surface area contributed by atoms with Crippen LogP contribution < -0.4 is 0 Å². The van der Waals surface area contributed by atoms with Gasteiger partial charge in [-0.1, -0.05) is 0 Å². The van der Waals surface area contributed by atoms with Gasteiger partial charge in [0.25, 0.3) is 0 Å². The minimum atomic E-state index is 0. The van der Waals surface area contributed by atoms with E-state index in [1.165, 1.54) is 0 Å². The summed E-state index contributed by atoms with van der Waals surface area (Å²) in [6, 6.07) is 0. The first-order valence-corrected chi connectivity index (χ1v) is 0. The topological polar surface area (TPSA) is 0 Å². The Morgan fingerprint density at radius 1 is 1.00 bits per heavy atom. The maximum Gasteiger partial charge on any atom is 0 e. The van der Waals surface area contributed by atoms with Crippen molar-refractivity contribution in [2.45, 2.75) is 0 Å². The van der Waals surface area contributed by atoms with Gasteiger partial charge in [0.05, 0.1) is 0 Å². The van der Waals surface area contributed by atoms with Gasteiger partial charge in [0.15, 0.2) is 0 Å². The molecule has 0 fully saturated rings. The number of hydrogen-bond donors (Lipinski definition) is 0. The Bertz CT molecular complexity index is 8.00. The quantitative estimate of drug-likeness (QED) is 0.389. The summed E-state index contributed by atoms with van der Waals surface area (Å²) in [5.41, 5.74) is 0. The summed E-state index contributed by atoms with van der Waals surface area (Å²) >= 11 is 0. The van der Waals surface area contributed by atoms with Crippen molar-refractivity contribution in [3.63, 3.8) is 0 Å². The van der Waals surface area contributed by atoms with Crippen molar-refractivity contribution >= 4 is 9.90 Å². The van der Waals surface area contributed by atoms with Gasteiger partial charge in [-0.2, -0.15) is 9.90 Å². The third kappa shape index (κ3) is 8.98. The first kappa shape index (κ1) is 37.1. The molecule has 1 atom stereocenters. The van der Waals surface area contributed by atoms with Crippen LogP contribution >= 0.6 is 9.90 Å². The largest absolute Gasteiger partial charge is 0.153 e. The number of rotatable bonds is 0. The predicted octanol–water partition coefficient (Wildman–Crippen LogP) is 0.0506. The molecule has 0 aliphatic heterocycles. The van der Waals surface area contributed by atoms with Gasteiger partial charge in [-0.25, -0.2) is 0 Å². The van der Waals surface area contributed by atoms with Gasteiger partial charge in [0, 0.05) is 52.1 Å². The Morgan fingerprint density at radius 2 is 1.00 bits per heavy atom. The summed E-state index contributed by atoms with van der Waals surface area (Å²) in [6.45, 7) is 0. The van der Waals surface area contributed by atoms with Gasteiger partial charge in [-0.05, 0) is 0 Å². The third-order valence-electron chi connectivity index (χ3n) is 0. The van der Waals surface area contributed by atoms with Gasteiger partial charge in [0.2, 0.25) is 0 Å². The van der Waals surface area contributed by atoms with Crippen LogP contribution in [0, 0.1) is 0 Å². The van der Waals surface area contributed by atoms with Crippen molar-refractivity contribution in [2.24, 2.45) is 0 Å². The Hall–Kier alpha value is 2.03. The molecule has 4 heavy (non-hydrogen) atoms. The molecule has 0 spiro atoms. The monoisotopic (exact) mass is 206 g/mol. The molecule has 2 radical (unpaired) electrons. The second-order valence-electron chi connectivity index (χ2n) is 0. The standard InChI is InChI=1S/Cu.Ni.H3P.V/h;;1H3;. The smallest absolute Gasteiger partial charge is 0 e. The van der Waals surface area contributed by atoms with Crippen molar-refractivity contribution in [1.82, 2.24) is 0 Å². The Balaban J connectivity index is 0. The molecule has 0 aromatic rings. The van der Waals surface area contributed by atoms with Crippen LogP contribution in [0.5, 0.6) is 0 Å². The van der Waals surface area contributed by atoms with Gasteiger partial charge in [-0.15, -0.1) is 0 Å². The summed E-state index contributed by atoms with van der Waals surface area (Å²) in [5, 5.41) is 0. The molecule has 0 N–H and O–H groups in total. The maximum absolute atomic E-state index is 0. The zero-order valence-corrected chi connectivity index (χ0v) is 6.51. The first-order chi connectivity index (χ1) is 0. The molecule has 0 aliphatic rings. The first-order valence-electron chi connectivity index (χ1n) is 0. The molecule has 0 aromatic heterocycles. The molecule has 0 amide bonds. The van der Waals surface area contributed by atoms with Gasteiger partial charge in [-0.3, -0.25) is 0 Å². The molecule has 0 bridgehead atoms. The SMILES string of the molecule is P.[Cu].[Ni].[V]. The van der Waals surface area contributed by atoms with Crippen LogP contribution in [-0.2, 0) is 52.1 Å². The molecule has 0 heterocycles. The molecule has 0 saturated heterocycles. The Labute approximate surface area is 61.8 Å². The molecule has 0 aliphatic carbocycles. The van der Waals surface area contributed by atoms with E-state index in [0.29, 0.717) is 0 Å². The molecule has 4 heteroatoms. The average Bonchev–Trinajstić information content (AvgIpc) is 0. The van der Waals surface area contributed by atoms with Crippen molar-refractivity contribution in [1.29, 1.82) is 0 Å². The summed E-state index contributed by atoms with van der Waals surface area (Å²) in [4.78, 5) is 0. The average molecular weight is 207 g/mol. The summed E-state index contributed by atoms with van der Waals surface area (Å²) in [6.07, 6.45) is 0. The molecule has 0 rings (SSSR count). The van der Waals surface area contributed by atoms with E-state index in [-0.39, 0.29) is 62.0 Å². The van der Waals surface area contributed by atoms with E-state index in [2.05, 4.69) is 0 Å². The van der Waals surface area contributed by atoms with Gasteiger partial charge < -0.3 is 0 Å². The molecule has 1 unspecified atom stereocenters. The Morgan fingerprint density at radius 3 is 1.00 bits per heavy atom. The van der Waals surface area contributed by atoms with Crippen LogP contribution in [-0.4, -0.2) is 0 Å². The van der Waals surface area contributed by atoms with Crippen molar-refractivity contribution < 1.29 is 52.1 Å². The Kier molecular flexibility index (Phi) is 184. The van der Waals surface area contributed by atoms with Crippen molar-refractivity contribution in [2.75, 3.05) is 0 Å². The van der Waals surface area contributed by atoms with Crippen LogP contribution in [0.15, 0.2) is 0 Å². The van der Waals surface area contributed by atoms with E-state index in [4.69, 9.17) is 0 Å². The minimum Gasteiger partial charge on any atom is -0.153 e. The zero-order valence-electron chi connectivity index (χ0n) is 1.77. The number of hydrogen-bond acceptors (Lipinski definition) is 0. The van der Waals surface area contributed by atoms with Crippen LogP contribution in [0.2, 0.25) is 0 Å². The second-order valence-corrected chi connectivity index (χ2v) is 0. The van der Waals surface area contributed by atoms with E-state index in [9.17, 15) is 0 Å². The fraction of sp³-hybridized carbons (Fsp3) is 0. The van der Waals surface area contributed by atoms with Gasteiger partial charge >= 0.3 is 0 Å². The van der Waals surface area contributed by atoms with E-state index in [0.717, 1.165) is 0 Å². The summed E-state index contributed by atoms with van der Waals surface area (Å²) < 4.78 is 0. The molecular weight excluding hydrogens is 204 g/mol. The van der Waals surface area contributed by atoms with Crippen molar-refractivity contribution in [3.05, 3.63) is 0 Å². The summed E-state index contributed by atoms with van der Waals surface area (Å²) in [7, 11) is 0. The maximum atomic E-state index is 0. The molecule has 0 nitrogen and oxygen atoms in total. The zero-order chi connectivity index (χ0) is 0. The fourth-order valence-corrected chi connectivity index (χ4v) is 0. The van der Waals surface area contributed by atoms with Crippen LogP contribution in [0.25, 0.3) is 0 Å². The molecule has 34 valence electrons. The second kappa shape index (κ2) is 19.8. The van der Waals surface area contributed by atoms with Crippen molar-refractivity contribution in [3.8, 4) is 0 Å². The van der Waals surface area contributed by atoms with Crippen LogP contribution in [0.4, 0.5) is 0 Å². The van der Waals surface area contributed by atoms with E-state index in [1.807, 2.05) is 0 Å².